The predicted octanol–water partition coefficient (Wildman–Crippen LogP) is 0.453. The molecule has 0 radical (unpaired) electrons. The van der Waals surface area contributed by atoms with E-state index in [0.29, 0.717) is 6.07 Å². The van der Waals surface area contributed by atoms with Crippen molar-refractivity contribution in [1.82, 2.24) is 4.98 Å². The first-order valence-corrected chi connectivity index (χ1v) is 4.45. The molecule has 0 saturated carbocycles. The zero-order valence-corrected chi connectivity index (χ0v) is 8.15. The SMILES string of the molecule is NCC(O)C(O)c1cc(C(F)(F)F)ccn1. The van der Waals surface area contributed by atoms with Gasteiger partial charge in [-0.25, -0.2) is 0 Å². The molecule has 1 aromatic heterocycles. The Bertz CT molecular complexity index is 357. The number of aromatic nitrogens is 1. The number of nitrogens with two attached hydrogens (primary N) is 1. The number of hydrogen-bond donors (Lipinski definition) is 3. The second-order valence-electron chi connectivity index (χ2n) is 3.22. The van der Waals surface area contributed by atoms with Crippen molar-refractivity contribution in [2.45, 2.75) is 18.4 Å². The molecule has 0 fully saturated rings. The third-order valence-electron chi connectivity index (χ3n) is 2.02. The van der Waals surface area contributed by atoms with E-state index in [9.17, 15) is 23.4 Å². The fourth-order valence-corrected chi connectivity index (χ4v) is 1.11. The van der Waals surface area contributed by atoms with Gasteiger partial charge >= 0.3 is 6.18 Å². The number of alkyl halides is 3. The molecule has 0 aliphatic rings. The third kappa shape index (κ3) is 2.91. The summed E-state index contributed by atoms with van der Waals surface area (Å²) in [5.41, 5.74) is 3.89. The van der Waals surface area contributed by atoms with E-state index in [-0.39, 0.29) is 12.2 Å². The summed E-state index contributed by atoms with van der Waals surface area (Å²) in [5, 5.41) is 18.6. The average Bonchev–Trinajstić information content (AvgIpc) is 2.26. The van der Waals surface area contributed by atoms with Gasteiger partial charge in [-0.05, 0) is 12.1 Å². The normalized spacial score (nSPS) is 15.9. The van der Waals surface area contributed by atoms with Gasteiger partial charge in [-0.15, -0.1) is 0 Å². The summed E-state index contributed by atoms with van der Waals surface area (Å²) in [6.45, 7) is -0.265. The summed E-state index contributed by atoms with van der Waals surface area (Å²) in [6.07, 6.45) is -6.45. The Balaban J connectivity index is 2.99. The molecule has 0 bridgehead atoms. The van der Waals surface area contributed by atoms with Gasteiger partial charge in [0.25, 0.3) is 0 Å². The van der Waals surface area contributed by atoms with E-state index >= 15 is 0 Å². The van der Waals surface area contributed by atoms with E-state index in [1.807, 2.05) is 0 Å². The van der Waals surface area contributed by atoms with Gasteiger partial charge in [0.2, 0.25) is 0 Å². The van der Waals surface area contributed by atoms with Gasteiger partial charge < -0.3 is 15.9 Å². The van der Waals surface area contributed by atoms with Crippen LogP contribution in [0.15, 0.2) is 18.3 Å². The molecule has 90 valence electrons. The minimum atomic E-state index is -4.51. The molecule has 0 amide bonds. The van der Waals surface area contributed by atoms with Gasteiger partial charge in [0.15, 0.2) is 0 Å². The maximum atomic E-state index is 12.3. The van der Waals surface area contributed by atoms with Crippen LogP contribution in [0.4, 0.5) is 13.2 Å². The van der Waals surface area contributed by atoms with Crippen LogP contribution >= 0.6 is 0 Å². The Morgan fingerprint density at radius 3 is 2.50 bits per heavy atom. The monoisotopic (exact) mass is 236 g/mol. The van der Waals surface area contributed by atoms with Crippen LogP contribution in [-0.2, 0) is 6.18 Å². The molecule has 4 nitrogen and oxygen atoms in total. The first-order valence-electron chi connectivity index (χ1n) is 4.45. The summed E-state index contributed by atoms with van der Waals surface area (Å²) >= 11 is 0. The van der Waals surface area contributed by atoms with Crippen LogP contribution in [0.1, 0.15) is 17.4 Å². The molecule has 4 N–H and O–H groups in total. The van der Waals surface area contributed by atoms with Crippen LogP contribution in [0.25, 0.3) is 0 Å². The quantitative estimate of drug-likeness (QED) is 0.712. The molecule has 0 aromatic carbocycles. The van der Waals surface area contributed by atoms with Crippen molar-refractivity contribution in [3.8, 4) is 0 Å². The molecule has 2 atom stereocenters. The fourth-order valence-electron chi connectivity index (χ4n) is 1.11. The lowest BCUT2D eigenvalue weighted by molar-refractivity contribution is -0.137. The number of nitrogens with zero attached hydrogens (tertiary/aromatic N) is 1. The molecule has 0 aliphatic heterocycles. The number of pyridine rings is 1. The lowest BCUT2D eigenvalue weighted by atomic mass is 10.1. The van der Waals surface area contributed by atoms with Gasteiger partial charge in [-0.3, -0.25) is 4.98 Å². The van der Waals surface area contributed by atoms with Crippen molar-refractivity contribution in [2.24, 2.45) is 5.73 Å². The minimum absolute atomic E-state index is 0.257. The first kappa shape index (κ1) is 12.9. The summed E-state index contributed by atoms with van der Waals surface area (Å²) in [7, 11) is 0. The van der Waals surface area contributed by atoms with Crippen molar-refractivity contribution >= 4 is 0 Å². The molecule has 2 unspecified atom stereocenters. The summed E-state index contributed by atoms with van der Waals surface area (Å²) in [4.78, 5) is 3.56. The maximum absolute atomic E-state index is 12.3. The smallest absolute Gasteiger partial charge is 0.389 e. The molecule has 0 spiro atoms. The zero-order chi connectivity index (χ0) is 12.3. The molecule has 0 aliphatic carbocycles. The molecule has 1 rings (SSSR count). The Labute approximate surface area is 89.5 Å². The van der Waals surface area contributed by atoms with Gasteiger partial charge in [0.1, 0.15) is 6.10 Å². The van der Waals surface area contributed by atoms with Crippen molar-refractivity contribution in [3.63, 3.8) is 0 Å². The number of halogens is 3. The number of hydrogen-bond acceptors (Lipinski definition) is 4. The minimum Gasteiger partial charge on any atom is -0.389 e. The Kier molecular flexibility index (Phi) is 3.84. The van der Waals surface area contributed by atoms with Crippen molar-refractivity contribution in [3.05, 3.63) is 29.6 Å². The number of rotatable bonds is 3. The Morgan fingerprint density at radius 2 is 2.00 bits per heavy atom. The van der Waals surface area contributed by atoms with E-state index in [2.05, 4.69) is 4.98 Å². The van der Waals surface area contributed by atoms with Crippen molar-refractivity contribution < 1.29 is 23.4 Å². The van der Waals surface area contributed by atoms with Crippen LogP contribution in [-0.4, -0.2) is 27.8 Å². The molecule has 1 aromatic rings. The van der Waals surface area contributed by atoms with Gasteiger partial charge in [0.05, 0.1) is 17.4 Å². The molecular weight excluding hydrogens is 225 g/mol. The Hall–Kier alpha value is -1.18. The molecule has 1 heterocycles. The lowest BCUT2D eigenvalue weighted by Gasteiger charge is -2.16. The summed E-state index contributed by atoms with van der Waals surface area (Å²) in [5.74, 6) is 0. The van der Waals surface area contributed by atoms with Crippen LogP contribution in [0.5, 0.6) is 0 Å². The van der Waals surface area contributed by atoms with Crippen LogP contribution in [0.3, 0.4) is 0 Å². The molecule has 0 saturated heterocycles. The highest BCUT2D eigenvalue weighted by Gasteiger charge is 2.31. The second kappa shape index (κ2) is 4.77. The number of aliphatic hydroxyl groups excluding tert-OH is 2. The maximum Gasteiger partial charge on any atom is 0.416 e. The van der Waals surface area contributed by atoms with E-state index in [1.165, 1.54) is 0 Å². The van der Waals surface area contributed by atoms with Gasteiger partial charge in [-0.1, -0.05) is 0 Å². The number of aliphatic hydroxyl groups is 2. The van der Waals surface area contributed by atoms with E-state index in [4.69, 9.17) is 5.73 Å². The standard InChI is InChI=1S/C9H11F3N2O2/c10-9(11,12)5-1-2-14-6(3-5)8(16)7(15)4-13/h1-3,7-8,15-16H,4,13H2. The van der Waals surface area contributed by atoms with Crippen molar-refractivity contribution in [1.29, 1.82) is 0 Å². The second-order valence-corrected chi connectivity index (χ2v) is 3.22. The Morgan fingerprint density at radius 1 is 1.38 bits per heavy atom. The molecule has 16 heavy (non-hydrogen) atoms. The molecular formula is C9H11F3N2O2. The topological polar surface area (TPSA) is 79.4 Å². The first-order chi connectivity index (χ1) is 7.36. The van der Waals surface area contributed by atoms with Crippen LogP contribution in [0, 0.1) is 0 Å². The highest BCUT2D eigenvalue weighted by Crippen LogP contribution is 2.30. The van der Waals surface area contributed by atoms with Crippen molar-refractivity contribution in [2.75, 3.05) is 6.54 Å². The predicted molar refractivity (Wildman–Crippen MR) is 49.3 cm³/mol. The molecule has 7 heteroatoms. The largest absolute Gasteiger partial charge is 0.416 e. The highest BCUT2D eigenvalue weighted by molar-refractivity contribution is 5.21. The summed E-state index contributed by atoms with van der Waals surface area (Å²) in [6, 6.07) is 1.47. The lowest BCUT2D eigenvalue weighted by Crippen LogP contribution is -2.28. The van der Waals surface area contributed by atoms with E-state index in [0.717, 1.165) is 12.3 Å². The summed E-state index contributed by atoms with van der Waals surface area (Å²) < 4.78 is 37.0. The van der Waals surface area contributed by atoms with Gasteiger partial charge in [0, 0.05) is 12.7 Å². The zero-order valence-electron chi connectivity index (χ0n) is 8.15. The van der Waals surface area contributed by atoms with Crippen LogP contribution in [0.2, 0.25) is 0 Å². The third-order valence-corrected chi connectivity index (χ3v) is 2.02. The van der Waals surface area contributed by atoms with Crippen LogP contribution < -0.4 is 5.73 Å². The van der Waals surface area contributed by atoms with Gasteiger partial charge in [-0.2, -0.15) is 13.2 Å². The highest BCUT2D eigenvalue weighted by atomic mass is 19.4. The fraction of sp³-hybridized carbons (Fsp3) is 0.444. The average molecular weight is 236 g/mol. The van der Waals surface area contributed by atoms with E-state index < -0.39 is 23.9 Å². The van der Waals surface area contributed by atoms with E-state index in [1.54, 1.807) is 0 Å².